The molecule has 3 heterocycles. The molecule has 144 valence electrons. The summed E-state index contributed by atoms with van der Waals surface area (Å²) in [4.78, 5) is 3.98. The predicted octanol–water partition coefficient (Wildman–Crippen LogP) is 1.27. The maximum absolute atomic E-state index is 13.0. The van der Waals surface area contributed by atoms with Crippen LogP contribution in [-0.4, -0.2) is 38.2 Å². The van der Waals surface area contributed by atoms with E-state index in [0.717, 1.165) is 11.3 Å². The van der Waals surface area contributed by atoms with E-state index in [-0.39, 0.29) is 14.5 Å². The molecule has 26 heavy (non-hydrogen) atoms. The van der Waals surface area contributed by atoms with Gasteiger partial charge in [-0.3, -0.25) is 0 Å². The Morgan fingerprint density at radius 3 is 2.85 bits per heavy atom. The number of hydrogen-bond acceptors (Lipinski definition) is 7. The molecular formula is C15H22N4O4S3. The van der Waals surface area contributed by atoms with E-state index in [9.17, 15) is 16.8 Å². The quantitative estimate of drug-likeness (QED) is 0.698. The highest BCUT2D eigenvalue weighted by Gasteiger charge is 2.41. The lowest BCUT2D eigenvalue weighted by atomic mass is 10.0. The molecule has 2 atom stereocenters. The molecule has 2 aromatic rings. The first-order valence-corrected chi connectivity index (χ1v) is 12.2. The van der Waals surface area contributed by atoms with Crippen LogP contribution in [0.3, 0.4) is 0 Å². The zero-order chi connectivity index (χ0) is 18.9. The molecule has 0 bridgehead atoms. The Bertz CT molecular complexity index is 965. The molecule has 3 rings (SSSR count). The number of imidazole rings is 1. The second-order valence-electron chi connectivity index (χ2n) is 6.31. The number of hydrogen-bond donors (Lipinski definition) is 2. The molecule has 0 radical (unpaired) electrons. The average Bonchev–Trinajstić information content (AvgIpc) is 3.21. The Morgan fingerprint density at radius 2 is 2.23 bits per heavy atom. The summed E-state index contributed by atoms with van der Waals surface area (Å²) in [6.07, 6.45) is 6.85. The van der Waals surface area contributed by atoms with Crippen LogP contribution in [0.4, 0.5) is 0 Å². The van der Waals surface area contributed by atoms with Gasteiger partial charge in [-0.2, -0.15) is 0 Å². The third kappa shape index (κ3) is 3.86. The third-order valence-electron chi connectivity index (χ3n) is 4.51. The number of sulfonamides is 1. The number of fused-ring (bicyclic) bond motifs is 1. The molecule has 0 aromatic carbocycles. The van der Waals surface area contributed by atoms with E-state index in [2.05, 4.69) is 10.3 Å². The average molecular weight is 419 g/mol. The van der Waals surface area contributed by atoms with Gasteiger partial charge in [0.15, 0.2) is 9.84 Å². The second-order valence-corrected chi connectivity index (χ2v) is 11.6. The fourth-order valence-corrected chi connectivity index (χ4v) is 8.02. The SMILES string of the molecule is CCNC1CC(CCCn2ccnc2)S(=O)(=O)c2sc(S(N)(=O)=O)cc21. The minimum absolute atomic E-state index is 0.104. The monoisotopic (exact) mass is 418 g/mol. The number of thiophene rings is 1. The molecule has 0 saturated carbocycles. The van der Waals surface area contributed by atoms with Crippen molar-refractivity contribution in [2.75, 3.05) is 6.54 Å². The van der Waals surface area contributed by atoms with Gasteiger partial charge in [0.25, 0.3) is 0 Å². The van der Waals surface area contributed by atoms with Gasteiger partial charge in [0.2, 0.25) is 10.0 Å². The van der Waals surface area contributed by atoms with Gasteiger partial charge in [0.05, 0.1) is 11.6 Å². The van der Waals surface area contributed by atoms with Crippen LogP contribution in [-0.2, 0) is 26.4 Å². The molecule has 11 heteroatoms. The summed E-state index contributed by atoms with van der Waals surface area (Å²) in [6.45, 7) is 3.29. The lowest BCUT2D eigenvalue weighted by Crippen LogP contribution is -2.35. The molecule has 8 nitrogen and oxygen atoms in total. The number of aromatic nitrogens is 2. The first kappa shape index (κ1) is 19.5. The largest absolute Gasteiger partial charge is 0.337 e. The van der Waals surface area contributed by atoms with E-state index >= 15 is 0 Å². The predicted molar refractivity (Wildman–Crippen MR) is 99.2 cm³/mol. The molecule has 0 aliphatic carbocycles. The maximum atomic E-state index is 13.0. The smallest absolute Gasteiger partial charge is 0.247 e. The Hall–Kier alpha value is -1.27. The molecule has 3 N–H and O–H groups in total. The van der Waals surface area contributed by atoms with E-state index < -0.39 is 25.1 Å². The summed E-state index contributed by atoms with van der Waals surface area (Å²) >= 11 is 0.758. The zero-order valence-corrected chi connectivity index (χ0v) is 16.8. The fraction of sp³-hybridized carbons (Fsp3) is 0.533. The van der Waals surface area contributed by atoms with Gasteiger partial charge in [0, 0.05) is 30.5 Å². The zero-order valence-electron chi connectivity index (χ0n) is 14.3. The van der Waals surface area contributed by atoms with Crippen molar-refractivity contribution in [2.45, 2.75) is 52.4 Å². The minimum atomic E-state index is -3.93. The molecular weight excluding hydrogens is 396 g/mol. The number of aryl methyl sites for hydroxylation is 1. The molecule has 1 aliphatic rings. The first-order chi connectivity index (χ1) is 12.2. The van der Waals surface area contributed by atoms with Crippen LogP contribution < -0.4 is 10.5 Å². The molecule has 1 aliphatic heterocycles. The summed E-state index contributed by atoms with van der Waals surface area (Å²) in [5.74, 6) is 0. The summed E-state index contributed by atoms with van der Waals surface area (Å²) in [6, 6.07) is 1.21. The van der Waals surface area contributed by atoms with E-state index in [4.69, 9.17) is 5.14 Å². The third-order valence-corrected chi connectivity index (χ3v) is 9.88. The van der Waals surface area contributed by atoms with Crippen LogP contribution in [0.15, 0.2) is 33.2 Å². The van der Waals surface area contributed by atoms with Crippen molar-refractivity contribution in [2.24, 2.45) is 5.14 Å². The van der Waals surface area contributed by atoms with Gasteiger partial charge in [-0.15, -0.1) is 11.3 Å². The molecule has 0 saturated heterocycles. The van der Waals surface area contributed by atoms with E-state index in [1.807, 2.05) is 17.7 Å². The van der Waals surface area contributed by atoms with E-state index in [1.54, 1.807) is 12.5 Å². The summed E-state index contributed by atoms with van der Waals surface area (Å²) < 4.78 is 51.3. The number of nitrogens with one attached hydrogen (secondary N) is 1. The van der Waals surface area contributed by atoms with Gasteiger partial charge in [-0.1, -0.05) is 6.92 Å². The number of primary sulfonamides is 1. The molecule has 2 unspecified atom stereocenters. The van der Waals surface area contributed by atoms with Crippen molar-refractivity contribution in [1.29, 1.82) is 0 Å². The highest BCUT2D eigenvalue weighted by Crippen LogP contribution is 2.43. The first-order valence-electron chi connectivity index (χ1n) is 8.33. The van der Waals surface area contributed by atoms with Crippen molar-refractivity contribution in [3.63, 3.8) is 0 Å². The normalized spacial score (nSPS) is 22.2. The summed E-state index contributed by atoms with van der Waals surface area (Å²) in [5.41, 5.74) is 0.520. The standard InChI is InChI=1S/C15H22N4O4S3/c1-2-18-13-8-11(4-3-6-19-7-5-17-10-19)25(20,21)15-12(13)9-14(24-15)26(16,22)23/h5,7,9-11,13,18H,2-4,6,8H2,1H3,(H2,16,22,23). The summed E-state index contributed by atoms with van der Waals surface area (Å²) in [5, 5.41) is 7.93. The molecule has 2 aromatic heterocycles. The van der Waals surface area contributed by atoms with Gasteiger partial charge >= 0.3 is 0 Å². The van der Waals surface area contributed by atoms with Crippen molar-refractivity contribution in [3.05, 3.63) is 30.4 Å². The number of rotatable bonds is 7. The molecule has 0 amide bonds. The lowest BCUT2D eigenvalue weighted by Gasteiger charge is -2.29. The van der Waals surface area contributed by atoms with Crippen LogP contribution in [0.1, 0.15) is 37.8 Å². The van der Waals surface area contributed by atoms with Crippen LogP contribution in [0.5, 0.6) is 0 Å². The van der Waals surface area contributed by atoms with Gasteiger partial charge in [-0.25, -0.2) is 27.0 Å². The van der Waals surface area contributed by atoms with Gasteiger partial charge in [0.1, 0.15) is 8.42 Å². The molecule has 0 fully saturated rings. The van der Waals surface area contributed by atoms with Gasteiger partial charge < -0.3 is 9.88 Å². The Kier molecular flexibility index (Phi) is 5.54. The number of nitrogens with zero attached hydrogens (tertiary/aromatic N) is 2. The van der Waals surface area contributed by atoms with Crippen molar-refractivity contribution < 1.29 is 16.8 Å². The van der Waals surface area contributed by atoms with Gasteiger partial charge in [-0.05, 0) is 31.9 Å². The number of nitrogens with two attached hydrogens (primary N) is 1. The van der Waals surface area contributed by atoms with Crippen molar-refractivity contribution in [1.82, 2.24) is 14.9 Å². The van der Waals surface area contributed by atoms with Crippen LogP contribution in [0.25, 0.3) is 0 Å². The minimum Gasteiger partial charge on any atom is -0.337 e. The number of sulfone groups is 1. The van der Waals surface area contributed by atoms with Crippen LogP contribution in [0, 0.1) is 0 Å². The second kappa shape index (κ2) is 7.39. The Morgan fingerprint density at radius 1 is 1.46 bits per heavy atom. The van der Waals surface area contributed by atoms with Crippen LogP contribution >= 0.6 is 11.3 Å². The fourth-order valence-electron chi connectivity index (χ4n) is 3.27. The topological polar surface area (TPSA) is 124 Å². The highest BCUT2D eigenvalue weighted by atomic mass is 32.3. The van der Waals surface area contributed by atoms with Crippen molar-refractivity contribution in [3.8, 4) is 0 Å². The van der Waals surface area contributed by atoms with E-state index in [0.29, 0.717) is 37.9 Å². The molecule has 0 spiro atoms. The highest BCUT2D eigenvalue weighted by molar-refractivity contribution is 7.95. The lowest BCUT2D eigenvalue weighted by molar-refractivity contribution is 0.446. The Balaban J connectivity index is 1.87. The Labute approximate surface area is 157 Å². The van der Waals surface area contributed by atoms with Crippen LogP contribution in [0.2, 0.25) is 0 Å². The summed E-state index contributed by atoms with van der Waals surface area (Å²) in [7, 11) is -7.51. The maximum Gasteiger partial charge on any atom is 0.247 e. The van der Waals surface area contributed by atoms with Crippen molar-refractivity contribution >= 4 is 31.2 Å². The van der Waals surface area contributed by atoms with E-state index in [1.165, 1.54) is 6.07 Å².